The van der Waals surface area contributed by atoms with Crippen LogP contribution in [0.1, 0.15) is 27.8 Å². The molecule has 1 spiro atoms. The topological polar surface area (TPSA) is 13.1 Å². The van der Waals surface area contributed by atoms with Crippen LogP contribution in [0.5, 0.6) is 0 Å². The summed E-state index contributed by atoms with van der Waals surface area (Å²) < 4.78 is 4.85. The molecule has 2 aromatic heterocycles. The Labute approximate surface area is 470 Å². The first-order valence-corrected chi connectivity index (χ1v) is 28.1. The van der Waals surface area contributed by atoms with Crippen LogP contribution < -0.4 is 4.90 Å². The Bertz CT molecular complexity index is 5030. The Morgan fingerprint density at radius 2 is 0.753 bits per heavy atom. The first-order chi connectivity index (χ1) is 40.1. The van der Waals surface area contributed by atoms with Gasteiger partial charge in [-0.05, 0) is 175 Å². The van der Waals surface area contributed by atoms with Crippen LogP contribution in [0.2, 0.25) is 0 Å². The van der Waals surface area contributed by atoms with E-state index in [0.29, 0.717) is 0 Å². The van der Waals surface area contributed by atoms with E-state index >= 15 is 0 Å². The molecule has 0 radical (unpaired) electrons. The fourth-order valence-electron chi connectivity index (χ4n) is 14.3. The smallest absolute Gasteiger partial charge is 0.0725 e. The summed E-state index contributed by atoms with van der Waals surface area (Å²) in [4.78, 5) is 2.47. The number of para-hydroxylation sites is 3. The number of aromatic nitrogens is 2. The SMILES string of the molecule is Cc1ccc(-c2ccc3c4ccccc4n(-c4ccc5ccccc5c4)c3c2)cc1-c1ccc(N(c2ccc3c(c2)-c2ccccc2C32c3ccccc3-c3ccccc32)c2ccc3c4ccccc4n(-c4ccccc4)c3c2)cc1. The number of fused-ring (bicyclic) bond motifs is 17. The van der Waals surface area contributed by atoms with Crippen molar-refractivity contribution in [1.29, 1.82) is 0 Å². The van der Waals surface area contributed by atoms with E-state index in [-0.39, 0.29) is 0 Å². The molecule has 0 atom stereocenters. The summed E-state index contributed by atoms with van der Waals surface area (Å²) in [5.41, 5.74) is 26.4. The lowest BCUT2D eigenvalue weighted by Crippen LogP contribution is -2.25. The zero-order valence-corrected chi connectivity index (χ0v) is 44.6. The average molecular weight is 1030 g/mol. The maximum absolute atomic E-state index is 2.47. The summed E-state index contributed by atoms with van der Waals surface area (Å²) >= 11 is 0. The van der Waals surface area contributed by atoms with E-state index in [4.69, 9.17) is 0 Å². The maximum atomic E-state index is 2.47. The highest BCUT2D eigenvalue weighted by Gasteiger charge is 2.51. The summed E-state index contributed by atoms with van der Waals surface area (Å²) in [5, 5.41) is 7.43. The quantitative estimate of drug-likeness (QED) is 0.155. The molecule has 2 aliphatic rings. The predicted octanol–water partition coefficient (Wildman–Crippen LogP) is 20.5. The van der Waals surface area contributed by atoms with E-state index < -0.39 is 5.41 Å². The van der Waals surface area contributed by atoms with Crippen molar-refractivity contribution in [1.82, 2.24) is 9.13 Å². The van der Waals surface area contributed by atoms with Gasteiger partial charge in [-0.2, -0.15) is 0 Å². The molecule has 3 heteroatoms. The number of benzene rings is 13. The maximum Gasteiger partial charge on any atom is 0.0725 e. The molecule has 0 amide bonds. The number of hydrogen-bond acceptors (Lipinski definition) is 1. The first-order valence-electron chi connectivity index (χ1n) is 28.1. The van der Waals surface area contributed by atoms with Gasteiger partial charge in [-0.25, -0.2) is 0 Å². The van der Waals surface area contributed by atoms with E-state index in [1.807, 2.05) is 0 Å². The lowest BCUT2D eigenvalue weighted by atomic mass is 9.70. The van der Waals surface area contributed by atoms with Crippen molar-refractivity contribution < 1.29 is 0 Å². The van der Waals surface area contributed by atoms with Crippen LogP contribution in [0.25, 0.3) is 110 Å². The van der Waals surface area contributed by atoms with Crippen LogP contribution in [-0.4, -0.2) is 9.13 Å². The molecule has 0 unspecified atom stereocenters. The molecule has 2 aliphatic carbocycles. The lowest BCUT2D eigenvalue weighted by Gasteiger charge is -2.31. The second-order valence-electron chi connectivity index (χ2n) is 22.0. The van der Waals surface area contributed by atoms with Gasteiger partial charge >= 0.3 is 0 Å². The van der Waals surface area contributed by atoms with Crippen molar-refractivity contribution in [3.05, 3.63) is 319 Å². The molecule has 0 saturated carbocycles. The zero-order chi connectivity index (χ0) is 53.3. The Kier molecular flexibility index (Phi) is 9.84. The highest BCUT2D eigenvalue weighted by Crippen LogP contribution is 2.63. The zero-order valence-electron chi connectivity index (χ0n) is 44.6. The molecule has 0 saturated heterocycles. The molecule has 17 rings (SSSR count). The highest BCUT2D eigenvalue weighted by atomic mass is 15.1. The monoisotopic (exact) mass is 1030 g/mol. The summed E-state index contributed by atoms with van der Waals surface area (Å²) in [5.74, 6) is 0. The average Bonchev–Trinajstić information content (AvgIpc) is 3.14. The minimum absolute atomic E-state index is 0.423. The molecule has 0 fully saturated rings. The summed E-state index contributed by atoms with van der Waals surface area (Å²) in [6, 6.07) is 109. The van der Waals surface area contributed by atoms with E-state index in [1.54, 1.807) is 0 Å². The number of anilines is 3. The van der Waals surface area contributed by atoms with Crippen LogP contribution in [0.15, 0.2) is 291 Å². The summed E-state index contributed by atoms with van der Waals surface area (Å²) in [7, 11) is 0. The van der Waals surface area contributed by atoms with Crippen molar-refractivity contribution in [3.8, 4) is 55.9 Å². The molecular weight excluding hydrogens is 979 g/mol. The largest absolute Gasteiger partial charge is 0.310 e. The summed E-state index contributed by atoms with van der Waals surface area (Å²) in [6.45, 7) is 2.23. The van der Waals surface area contributed by atoms with Crippen LogP contribution >= 0.6 is 0 Å². The fourth-order valence-corrected chi connectivity index (χ4v) is 14.3. The van der Waals surface area contributed by atoms with Gasteiger partial charge in [0.25, 0.3) is 0 Å². The molecule has 378 valence electrons. The summed E-state index contributed by atoms with van der Waals surface area (Å²) in [6.07, 6.45) is 0. The third-order valence-corrected chi connectivity index (χ3v) is 17.8. The minimum atomic E-state index is -0.423. The highest BCUT2D eigenvalue weighted by molar-refractivity contribution is 6.12. The molecular formula is C78H51N3. The number of nitrogens with zero attached hydrogens (tertiary/aromatic N) is 3. The van der Waals surface area contributed by atoms with Crippen LogP contribution in [0.3, 0.4) is 0 Å². The Morgan fingerprint density at radius 3 is 1.46 bits per heavy atom. The van der Waals surface area contributed by atoms with Gasteiger partial charge in [0.1, 0.15) is 0 Å². The molecule has 13 aromatic carbocycles. The van der Waals surface area contributed by atoms with Gasteiger partial charge in [0, 0.05) is 50.0 Å². The van der Waals surface area contributed by atoms with Crippen molar-refractivity contribution in [3.63, 3.8) is 0 Å². The van der Waals surface area contributed by atoms with Crippen molar-refractivity contribution >= 4 is 71.4 Å². The van der Waals surface area contributed by atoms with Gasteiger partial charge in [-0.15, -0.1) is 0 Å². The third kappa shape index (κ3) is 6.64. The molecule has 0 aliphatic heterocycles. The first kappa shape index (κ1) is 45.5. The normalized spacial score (nSPS) is 12.9. The standard InChI is InChI=1S/C78H51N3/c1-50-31-32-54(55-36-42-66-64-24-11-16-30-75(64)81(76(66)47-55)58-39-33-51-17-5-6-18-53(51)45-58)46-68(50)52-34-37-57(38-35-52)79(60-40-43-67-65-25-10-15-29-74(65)80(77(67)49-60)56-19-3-2-4-20-56)59-41-44-73-69(48-59)63-23-9-14-28-72(63)78(73)70-26-12-7-21-61(70)62-22-8-13-27-71(62)78/h2-49H,1H3. The van der Waals surface area contributed by atoms with Crippen molar-refractivity contribution in [2.24, 2.45) is 0 Å². The molecule has 2 heterocycles. The molecule has 3 nitrogen and oxygen atoms in total. The molecule has 15 aromatic rings. The van der Waals surface area contributed by atoms with Crippen molar-refractivity contribution in [2.75, 3.05) is 4.90 Å². The Balaban J connectivity index is 0.818. The predicted molar refractivity (Wildman–Crippen MR) is 339 cm³/mol. The number of hydrogen-bond donors (Lipinski definition) is 0. The van der Waals surface area contributed by atoms with E-state index in [1.165, 1.54) is 121 Å². The Hall–Kier alpha value is -10.5. The second-order valence-corrected chi connectivity index (χ2v) is 22.0. The minimum Gasteiger partial charge on any atom is -0.310 e. The molecule has 81 heavy (non-hydrogen) atoms. The third-order valence-electron chi connectivity index (χ3n) is 17.8. The Morgan fingerprint density at radius 1 is 0.272 bits per heavy atom. The van der Waals surface area contributed by atoms with Gasteiger partial charge in [0.05, 0.1) is 27.5 Å². The number of aryl methyl sites for hydroxylation is 1. The van der Waals surface area contributed by atoms with E-state index in [2.05, 4.69) is 312 Å². The van der Waals surface area contributed by atoms with Gasteiger partial charge in [-0.1, -0.05) is 206 Å². The number of rotatable bonds is 7. The van der Waals surface area contributed by atoms with E-state index in [0.717, 1.165) is 34.0 Å². The van der Waals surface area contributed by atoms with Gasteiger partial charge in [0.2, 0.25) is 0 Å². The van der Waals surface area contributed by atoms with Crippen LogP contribution in [-0.2, 0) is 5.41 Å². The van der Waals surface area contributed by atoms with Crippen LogP contribution in [0.4, 0.5) is 17.1 Å². The molecule has 0 N–H and O–H groups in total. The molecule has 0 bridgehead atoms. The lowest BCUT2D eigenvalue weighted by molar-refractivity contribution is 0.794. The van der Waals surface area contributed by atoms with Gasteiger partial charge < -0.3 is 14.0 Å². The van der Waals surface area contributed by atoms with Gasteiger partial charge in [-0.3, -0.25) is 0 Å². The van der Waals surface area contributed by atoms with Crippen LogP contribution in [0, 0.1) is 6.92 Å². The second kappa shape index (κ2) is 17.5. The van der Waals surface area contributed by atoms with E-state index in [9.17, 15) is 0 Å². The van der Waals surface area contributed by atoms with Crippen molar-refractivity contribution in [2.45, 2.75) is 12.3 Å². The fraction of sp³-hybridized carbons (Fsp3) is 0.0256. The van der Waals surface area contributed by atoms with Gasteiger partial charge in [0.15, 0.2) is 0 Å².